The predicted molar refractivity (Wildman–Crippen MR) is 62.1 cm³/mol. The zero-order chi connectivity index (χ0) is 10.3. The first kappa shape index (κ1) is 9.75. The van der Waals surface area contributed by atoms with Crippen LogP contribution in [0.25, 0.3) is 0 Å². The summed E-state index contributed by atoms with van der Waals surface area (Å²) in [5.41, 5.74) is 1.31. The fourth-order valence-corrected chi connectivity index (χ4v) is 3.69. The lowest BCUT2D eigenvalue weighted by molar-refractivity contribution is 0.250. The summed E-state index contributed by atoms with van der Waals surface area (Å²) in [4.78, 5) is 8.68. The Balaban J connectivity index is 1.80. The standard InChI is InChI=1S/C11H17N3S/c1-14-4-2-3-8(7-14)11-13-9-5-12-6-10(9)15-11/h8,12H,2-7H2,1H3. The van der Waals surface area contributed by atoms with Gasteiger partial charge >= 0.3 is 0 Å². The second-order valence-electron chi connectivity index (χ2n) is 4.63. The third kappa shape index (κ3) is 1.82. The van der Waals surface area contributed by atoms with Crippen LogP contribution in [0.5, 0.6) is 0 Å². The van der Waals surface area contributed by atoms with Gasteiger partial charge < -0.3 is 10.2 Å². The van der Waals surface area contributed by atoms with E-state index in [9.17, 15) is 0 Å². The summed E-state index contributed by atoms with van der Waals surface area (Å²) in [6.45, 7) is 4.47. The van der Waals surface area contributed by atoms with Gasteiger partial charge in [0.05, 0.1) is 10.7 Å². The molecular formula is C11H17N3S. The van der Waals surface area contributed by atoms with Gasteiger partial charge in [-0.05, 0) is 26.4 Å². The average Bonchev–Trinajstić information content (AvgIpc) is 2.76. The van der Waals surface area contributed by atoms with Gasteiger partial charge in [-0.15, -0.1) is 11.3 Å². The Hall–Kier alpha value is -0.450. The fraction of sp³-hybridized carbons (Fsp3) is 0.727. The molecule has 1 saturated heterocycles. The molecule has 0 saturated carbocycles. The topological polar surface area (TPSA) is 28.2 Å². The van der Waals surface area contributed by atoms with Gasteiger partial charge in [0, 0.05) is 30.4 Å². The summed E-state index contributed by atoms with van der Waals surface area (Å²) in [7, 11) is 2.22. The summed E-state index contributed by atoms with van der Waals surface area (Å²) in [5.74, 6) is 0.694. The average molecular weight is 223 g/mol. The highest BCUT2D eigenvalue weighted by atomic mass is 32.1. The monoisotopic (exact) mass is 223 g/mol. The van der Waals surface area contributed by atoms with Gasteiger partial charge in [-0.2, -0.15) is 0 Å². The minimum Gasteiger partial charge on any atom is -0.306 e. The van der Waals surface area contributed by atoms with Crippen molar-refractivity contribution >= 4 is 11.3 Å². The van der Waals surface area contributed by atoms with Crippen LogP contribution in [0.4, 0.5) is 0 Å². The van der Waals surface area contributed by atoms with Crippen LogP contribution >= 0.6 is 11.3 Å². The van der Waals surface area contributed by atoms with E-state index in [-0.39, 0.29) is 0 Å². The maximum absolute atomic E-state index is 4.78. The van der Waals surface area contributed by atoms with E-state index in [1.165, 1.54) is 41.5 Å². The van der Waals surface area contributed by atoms with Crippen LogP contribution in [0.15, 0.2) is 0 Å². The zero-order valence-electron chi connectivity index (χ0n) is 9.12. The highest BCUT2D eigenvalue weighted by Gasteiger charge is 2.24. The van der Waals surface area contributed by atoms with Crippen molar-refractivity contribution in [2.24, 2.45) is 0 Å². The molecule has 82 valence electrons. The van der Waals surface area contributed by atoms with Crippen molar-refractivity contribution in [2.75, 3.05) is 20.1 Å². The molecule has 3 nitrogen and oxygen atoms in total. The lowest BCUT2D eigenvalue weighted by Gasteiger charge is -2.28. The SMILES string of the molecule is CN1CCCC(c2nc3c(s2)CNC3)C1. The molecule has 3 rings (SSSR count). The summed E-state index contributed by atoms with van der Waals surface area (Å²) in [6, 6.07) is 0. The summed E-state index contributed by atoms with van der Waals surface area (Å²) >= 11 is 1.93. The fourth-order valence-electron chi connectivity index (χ4n) is 2.52. The quantitative estimate of drug-likeness (QED) is 0.783. The van der Waals surface area contributed by atoms with Crippen LogP contribution in [-0.2, 0) is 13.1 Å². The molecule has 0 spiro atoms. The summed E-state index contributed by atoms with van der Waals surface area (Å²) in [5, 5.41) is 4.73. The highest BCUT2D eigenvalue weighted by molar-refractivity contribution is 7.11. The molecule has 15 heavy (non-hydrogen) atoms. The number of likely N-dealkylation sites (N-methyl/N-ethyl adjacent to an activating group) is 1. The third-order valence-electron chi connectivity index (χ3n) is 3.35. The smallest absolute Gasteiger partial charge is 0.0975 e. The number of piperidine rings is 1. The second-order valence-corrected chi connectivity index (χ2v) is 5.74. The van der Waals surface area contributed by atoms with Gasteiger partial charge in [0.15, 0.2) is 0 Å². The molecule has 2 aliphatic rings. The van der Waals surface area contributed by atoms with Gasteiger partial charge in [0.1, 0.15) is 0 Å². The van der Waals surface area contributed by atoms with Crippen molar-refractivity contribution in [1.29, 1.82) is 0 Å². The van der Waals surface area contributed by atoms with E-state index in [0.29, 0.717) is 5.92 Å². The molecule has 4 heteroatoms. The number of thiazole rings is 1. The molecule has 1 aromatic rings. The molecule has 3 heterocycles. The molecule has 0 aliphatic carbocycles. The van der Waals surface area contributed by atoms with Crippen LogP contribution in [-0.4, -0.2) is 30.0 Å². The van der Waals surface area contributed by atoms with E-state index < -0.39 is 0 Å². The van der Waals surface area contributed by atoms with E-state index in [1.807, 2.05) is 11.3 Å². The van der Waals surface area contributed by atoms with Gasteiger partial charge in [-0.3, -0.25) is 0 Å². The van der Waals surface area contributed by atoms with Gasteiger partial charge in [-0.25, -0.2) is 4.98 Å². The zero-order valence-corrected chi connectivity index (χ0v) is 9.94. The van der Waals surface area contributed by atoms with Crippen LogP contribution < -0.4 is 5.32 Å². The van der Waals surface area contributed by atoms with Crippen molar-refractivity contribution in [3.05, 3.63) is 15.6 Å². The van der Waals surface area contributed by atoms with Crippen LogP contribution in [0.2, 0.25) is 0 Å². The Morgan fingerprint density at radius 2 is 2.40 bits per heavy atom. The number of nitrogens with one attached hydrogen (secondary N) is 1. The largest absolute Gasteiger partial charge is 0.306 e. The Morgan fingerprint density at radius 1 is 1.47 bits per heavy atom. The molecule has 0 amide bonds. The molecule has 1 fully saturated rings. The Bertz CT molecular complexity index is 339. The number of hydrogen-bond donors (Lipinski definition) is 1. The molecule has 0 aromatic carbocycles. The lowest BCUT2D eigenvalue weighted by Crippen LogP contribution is -2.30. The number of fused-ring (bicyclic) bond motifs is 1. The first-order valence-electron chi connectivity index (χ1n) is 5.70. The molecule has 1 atom stereocenters. The minimum absolute atomic E-state index is 0.694. The Kier molecular flexibility index (Phi) is 2.50. The lowest BCUT2D eigenvalue weighted by atomic mass is 9.99. The molecule has 1 unspecified atom stereocenters. The van der Waals surface area contributed by atoms with E-state index >= 15 is 0 Å². The van der Waals surface area contributed by atoms with E-state index in [2.05, 4.69) is 17.3 Å². The predicted octanol–water partition coefficient (Wildman–Crippen LogP) is 1.56. The van der Waals surface area contributed by atoms with Crippen molar-refractivity contribution in [2.45, 2.75) is 31.8 Å². The summed E-state index contributed by atoms with van der Waals surface area (Å²) in [6.07, 6.45) is 2.65. The molecule has 1 N–H and O–H groups in total. The third-order valence-corrected chi connectivity index (χ3v) is 4.61. The Morgan fingerprint density at radius 3 is 3.20 bits per heavy atom. The number of hydrogen-bond acceptors (Lipinski definition) is 4. The van der Waals surface area contributed by atoms with Crippen LogP contribution in [0.1, 0.15) is 34.3 Å². The molecule has 0 bridgehead atoms. The first-order valence-corrected chi connectivity index (χ1v) is 6.52. The minimum atomic E-state index is 0.694. The number of nitrogens with zero attached hydrogens (tertiary/aromatic N) is 2. The van der Waals surface area contributed by atoms with E-state index in [4.69, 9.17) is 4.98 Å². The van der Waals surface area contributed by atoms with Crippen molar-refractivity contribution in [3.63, 3.8) is 0 Å². The molecule has 0 radical (unpaired) electrons. The van der Waals surface area contributed by atoms with E-state index in [1.54, 1.807) is 0 Å². The maximum atomic E-state index is 4.78. The highest BCUT2D eigenvalue weighted by Crippen LogP contribution is 2.32. The summed E-state index contributed by atoms with van der Waals surface area (Å²) < 4.78 is 0. The van der Waals surface area contributed by atoms with E-state index in [0.717, 1.165) is 13.1 Å². The van der Waals surface area contributed by atoms with Crippen molar-refractivity contribution < 1.29 is 0 Å². The van der Waals surface area contributed by atoms with Crippen molar-refractivity contribution in [3.8, 4) is 0 Å². The second kappa shape index (κ2) is 3.85. The van der Waals surface area contributed by atoms with Crippen LogP contribution in [0.3, 0.4) is 0 Å². The van der Waals surface area contributed by atoms with Crippen LogP contribution in [0, 0.1) is 0 Å². The normalized spacial score (nSPS) is 26.9. The van der Waals surface area contributed by atoms with Gasteiger partial charge in [-0.1, -0.05) is 0 Å². The van der Waals surface area contributed by atoms with Gasteiger partial charge in [0.2, 0.25) is 0 Å². The van der Waals surface area contributed by atoms with Crippen molar-refractivity contribution in [1.82, 2.24) is 15.2 Å². The van der Waals surface area contributed by atoms with Gasteiger partial charge in [0.25, 0.3) is 0 Å². The number of aromatic nitrogens is 1. The molecular weight excluding hydrogens is 206 g/mol. The number of rotatable bonds is 1. The first-order chi connectivity index (χ1) is 7.33. The Labute approximate surface area is 94.5 Å². The molecule has 2 aliphatic heterocycles. The maximum Gasteiger partial charge on any atom is 0.0975 e. The molecule has 1 aromatic heterocycles. The number of likely N-dealkylation sites (tertiary alicyclic amines) is 1.